The Morgan fingerprint density at radius 2 is 0.760 bits per heavy atom. The number of aliphatic carboxylic acids is 1. The number of quaternary nitrogens is 1. The van der Waals surface area contributed by atoms with Crippen LogP contribution in [0.2, 0.25) is 0 Å². The lowest BCUT2D eigenvalue weighted by molar-refractivity contribution is -0.870. The van der Waals surface area contributed by atoms with Gasteiger partial charge in [0.25, 0.3) is 6.29 Å². The van der Waals surface area contributed by atoms with Gasteiger partial charge >= 0.3 is 17.9 Å². The minimum atomic E-state index is -1.52. The van der Waals surface area contributed by atoms with Crippen molar-refractivity contribution in [2.45, 2.75) is 245 Å². The molecule has 0 fully saturated rings. The molecule has 0 aliphatic carbocycles. The van der Waals surface area contributed by atoms with Crippen molar-refractivity contribution in [3.05, 3.63) is 109 Å². The molecule has 428 valence electrons. The molecule has 0 aromatic carbocycles. The summed E-state index contributed by atoms with van der Waals surface area (Å²) in [6, 6.07) is 0. The van der Waals surface area contributed by atoms with Crippen molar-refractivity contribution in [1.82, 2.24) is 0 Å². The van der Waals surface area contributed by atoms with Gasteiger partial charge in [-0.05, 0) is 103 Å². The summed E-state index contributed by atoms with van der Waals surface area (Å²) < 4.78 is 22.8. The molecular formula is C66H112NO8+. The van der Waals surface area contributed by atoms with E-state index in [0.717, 1.165) is 109 Å². The first-order chi connectivity index (χ1) is 36.6. The Morgan fingerprint density at radius 3 is 1.13 bits per heavy atom. The third-order valence-corrected chi connectivity index (χ3v) is 12.5. The number of ether oxygens (including phenoxy) is 4. The van der Waals surface area contributed by atoms with Gasteiger partial charge in [-0.15, -0.1) is 0 Å². The van der Waals surface area contributed by atoms with E-state index in [9.17, 15) is 19.5 Å². The first kappa shape index (κ1) is 71.0. The summed E-state index contributed by atoms with van der Waals surface area (Å²) in [6.07, 6.45) is 74.6. The fourth-order valence-corrected chi connectivity index (χ4v) is 7.91. The zero-order valence-electron chi connectivity index (χ0n) is 48.7. The summed E-state index contributed by atoms with van der Waals surface area (Å²) in [5, 5.41) is 9.70. The molecule has 75 heavy (non-hydrogen) atoms. The largest absolute Gasteiger partial charge is 0.477 e. The Morgan fingerprint density at radius 1 is 0.413 bits per heavy atom. The molecule has 9 nitrogen and oxygen atoms in total. The van der Waals surface area contributed by atoms with E-state index in [1.54, 1.807) is 0 Å². The molecule has 0 saturated carbocycles. The predicted octanol–water partition coefficient (Wildman–Crippen LogP) is 17.9. The molecule has 0 heterocycles. The van der Waals surface area contributed by atoms with Crippen molar-refractivity contribution >= 4 is 17.9 Å². The van der Waals surface area contributed by atoms with Crippen LogP contribution < -0.4 is 0 Å². The van der Waals surface area contributed by atoms with E-state index < -0.39 is 24.3 Å². The van der Waals surface area contributed by atoms with Crippen LogP contribution >= 0.6 is 0 Å². The SMILES string of the molecule is CC/C=C\C/C=C\C/C=C\C/C=C\C/C=C\C/C=C\C/C=C\CCCCCCCCCCCCCCCC(=O)OC(COC(=O)CCCCCCC/C=C\C/C=C\CCCCC)COC(OCC[N+](C)(C)C)C(=O)O. The highest BCUT2D eigenvalue weighted by molar-refractivity contribution is 5.71. The van der Waals surface area contributed by atoms with Gasteiger partial charge in [0.05, 0.1) is 34.4 Å². The van der Waals surface area contributed by atoms with E-state index in [0.29, 0.717) is 17.4 Å². The summed E-state index contributed by atoms with van der Waals surface area (Å²) >= 11 is 0. The average Bonchev–Trinajstić information content (AvgIpc) is 3.38. The normalized spacial score (nSPS) is 13.6. The second-order valence-electron chi connectivity index (χ2n) is 20.9. The Balaban J connectivity index is 4.16. The zero-order valence-corrected chi connectivity index (χ0v) is 48.7. The van der Waals surface area contributed by atoms with Crippen molar-refractivity contribution in [3.63, 3.8) is 0 Å². The molecule has 0 rings (SSSR count). The van der Waals surface area contributed by atoms with Crippen molar-refractivity contribution < 1.29 is 42.9 Å². The molecule has 0 radical (unpaired) electrons. The lowest BCUT2D eigenvalue weighted by Gasteiger charge is -2.25. The fraction of sp³-hybridized carbons (Fsp3) is 0.682. The number of esters is 2. The minimum Gasteiger partial charge on any atom is -0.477 e. The Labute approximate surface area is 460 Å². The highest BCUT2D eigenvalue weighted by Gasteiger charge is 2.25. The number of nitrogens with zero attached hydrogens (tertiary/aromatic N) is 1. The summed E-state index contributed by atoms with van der Waals surface area (Å²) in [5.41, 5.74) is 0. The maximum atomic E-state index is 12.9. The molecule has 0 aromatic heterocycles. The van der Waals surface area contributed by atoms with Crippen LogP contribution in [0.1, 0.15) is 232 Å². The van der Waals surface area contributed by atoms with Crippen molar-refractivity contribution in [2.75, 3.05) is 47.5 Å². The first-order valence-electron chi connectivity index (χ1n) is 30.1. The third kappa shape index (κ3) is 57.5. The first-order valence-corrected chi connectivity index (χ1v) is 30.1. The van der Waals surface area contributed by atoms with E-state index in [2.05, 4.69) is 123 Å². The summed E-state index contributed by atoms with van der Waals surface area (Å²) in [6.45, 7) is 4.71. The molecule has 0 aliphatic heterocycles. The second kappa shape index (κ2) is 56.2. The molecule has 0 aliphatic rings. The third-order valence-electron chi connectivity index (χ3n) is 12.5. The van der Waals surface area contributed by atoms with E-state index in [1.807, 2.05) is 21.1 Å². The molecule has 0 spiro atoms. The number of hydrogen-bond donors (Lipinski definition) is 1. The molecule has 0 amide bonds. The van der Waals surface area contributed by atoms with Gasteiger partial charge < -0.3 is 28.5 Å². The lowest BCUT2D eigenvalue weighted by atomic mass is 10.0. The fourth-order valence-electron chi connectivity index (χ4n) is 7.91. The van der Waals surface area contributed by atoms with Crippen LogP contribution in [0.15, 0.2) is 109 Å². The predicted molar refractivity (Wildman–Crippen MR) is 318 cm³/mol. The Kier molecular flexibility index (Phi) is 53.1. The van der Waals surface area contributed by atoms with Crippen LogP contribution in [0, 0.1) is 0 Å². The second-order valence-corrected chi connectivity index (χ2v) is 20.9. The van der Waals surface area contributed by atoms with Crippen molar-refractivity contribution in [2.24, 2.45) is 0 Å². The molecule has 0 aromatic rings. The molecule has 0 saturated heterocycles. The smallest absolute Gasteiger partial charge is 0.361 e. The molecule has 0 bridgehead atoms. The molecule has 2 unspecified atom stereocenters. The van der Waals surface area contributed by atoms with Gasteiger partial charge in [-0.25, -0.2) is 4.79 Å². The Bertz CT molecular complexity index is 1590. The minimum absolute atomic E-state index is 0.181. The number of likely N-dealkylation sites (N-methyl/N-ethyl adjacent to an activating group) is 1. The van der Waals surface area contributed by atoms with Crippen LogP contribution in [0.5, 0.6) is 0 Å². The van der Waals surface area contributed by atoms with Crippen LogP contribution in [0.4, 0.5) is 0 Å². The summed E-state index contributed by atoms with van der Waals surface area (Å²) in [7, 11) is 5.96. The van der Waals surface area contributed by atoms with E-state index in [1.165, 1.54) is 89.9 Å². The maximum Gasteiger partial charge on any atom is 0.361 e. The van der Waals surface area contributed by atoms with Gasteiger partial charge in [0, 0.05) is 12.8 Å². The van der Waals surface area contributed by atoms with Gasteiger partial charge in [0.1, 0.15) is 13.2 Å². The number of carboxylic acids is 1. The number of carbonyl (C=O) groups is 3. The van der Waals surface area contributed by atoms with Gasteiger partial charge in [0.2, 0.25) is 0 Å². The van der Waals surface area contributed by atoms with Crippen molar-refractivity contribution in [1.29, 1.82) is 0 Å². The number of rotatable bonds is 54. The van der Waals surface area contributed by atoms with Crippen LogP contribution in [-0.4, -0.2) is 87.4 Å². The van der Waals surface area contributed by atoms with E-state index in [-0.39, 0.29) is 38.6 Å². The molecule has 2 atom stereocenters. The Hall–Kier alpha value is -4.05. The van der Waals surface area contributed by atoms with Gasteiger partial charge in [-0.2, -0.15) is 0 Å². The number of unbranched alkanes of at least 4 members (excludes halogenated alkanes) is 21. The molecule has 9 heteroatoms. The van der Waals surface area contributed by atoms with Crippen LogP contribution in [0.25, 0.3) is 0 Å². The van der Waals surface area contributed by atoms with Gasteiger partial charge in [0.15, 0.2) is 6.10 Å². The topological polar surface area (TPSA) is 108 Å². The highest BCUT2D eigenvalue weighted by atomic mass is 16.7. The number of allylic oxidation sites excluding steroid dienone is 18. The van der Waals surface area contributed by atoms with Crippen LogP contribution in [0.3, 0.4) is 0 Å². The lowest BCUT2D eigenvalue weighted by Crippen LogP contribution is -2.40. The number of hydrogen-bond acceptors (Lipinski definition) is 7. The van der Waals surface area contributed by atoms with E-state index in [4.69, 9.17) is 18.9 Å². The zero-order chi connectivity index (χ0) is 54.8. The molecular weight excluding hydrogens is 935 g/mol. The standard InChI is InChI=1S/C66H111NO8/c1-6-8-10-12-14-16-18-20-22-23-24-25-26-27-28-29-30-31-32-33-34-35-36-37-38-39-40-41-43-45-47-49-51-53-55-57-64(69)75-62(61-74-66(65(70)71)72-59-58-67(3,4)5)60-73-63(68)56-54-52-50-48-46-44-42-21-19-17-15-13-11-9-7-2/h8,10,14-17,20-22,24-25,27-28,30-31,33-34,42,62,66H,6-7,9,11-13,18-19,23,26,29,32,35-41,43-61H2,1-5H3/p+1/b10-8-,16-14-,17-15-,22-20-,25-24-,28-27-,31-30-,34-33-,42-21-. The number of carboxylic acid groups (broad SMARTS) is 1. The monoisotopic (exact) mass is 1050 g/mol. The molecule has 1 N–H and O–H groups in total. The van der Waals surface area contributed by atoms with Crippen molar-refractivity contribution in [3.8, 4) is 0 Å². The summed E-state index contributed by atoms with van der Waals surface area (Å²) in [5.74, 6) is -2.03. The average molecular weight is 1050 g/mol. The highest BCUT2D eigenvalue weighted by Crippen LogP contribution is 2.15. The summed E-state index contributed by atoms with van der Waals surface area (Å²) in [4.78, 5) is 37.4. The quantitative estimate of drug-likeness (QED) is 0.0211. The number of carbonyl (C=O) groups excluding carboxylic acids is 2. The van der Waals surface area contributed by atoms with Gasteiger partial charge in [-0.3, -0.25) is 9.59 Å². The van der Waals surface area contributed by atoms with Gasteiger partial charge in [-0.1, -0.05) is 226 Å². The van der Waals surface area contributed by atoms with Crippen LogP contribution in [-0.2, 0) is 33.3 Å². The maximum absolute atomic E-state index is 12.9. The van der Waals surface area contributed by atoms with E-state index >= 15 is 0 Å².